The molecule has 0 aliphatic carbocycles. The minimum absolute atomic E-state index is 0.0404. The Kier molecular flexibility index (Phi) is 11.8. The van der Waals surface area contributed by atoms with E-state index >= 15 is 0 Å². The molecule has 3 rings (SSSR count). The van der Waals surface area contributed by atoms with E-state index in [0.717, 1.165) is 0 Å². The summed E-state index contributed by atoms with van der Waals surface area (Å²) in [5.74, 6) is 0.392. The number of rotatable bonds is 13. The lowest BCUT2D eigenvalue weighted by atomic mass is 10.1. The molecule has 4 atom stereocenters. The molecule has 0 bridgehead atoms. The van der Waals surface area contributed by atoms with Gasteiger partial charge in [-0.25, -0.2) is 24.6 Å². The number of fused-ring (bicyclic) bond motifs is 1. The van der Waals surface area contributed by atoms with Crippen LogP contribution >= 0.6 is 0 Å². The number of hydrogen-bond acceptors (Lipinski definition) is 11. The first-order valence-electron chi connectivity index (χ1n) is 16.3. The highest BCUT2D eigenvalue weighted by Crippen LogP contribution is 2.43. The molecule has 0 aromatic carbocycles. The van der Waals surface area contributed by atoms with Gasteiger partial charge in [-0.3, -0.25) is 18.3 Å². The van der Waals surface area contributed by atoms with Gasteiger partial charge in [-0.1, -0.05) is 62.3 Å². The van der Waals surface area contributed by atoms with Crippen molar-refractivity contribution in [2.75, 3.05) is 6.61 Å². The van der Waals surface area contributed by atoms with Crippen LogP contribution in [0.1, 0.15) is 82.4 Å². The van der Waals surface area contributed by atoms with E-state index in [9.17, 15) is 0 Å². The van der Waals surface area contributed by atoms with E-state index in [2.05, 4.69) is 117 Å². The van der Waals surface area contributed by atoms with Crippen LogP contribution in [0.5, 0.6) is 5.88 Å². The Morgan fingerprint density at radius 1 is 0.739 bits per heavy atom. The van der Waals surface area contributed by atoms with Crippen molar-refractivity contribution in [3.05, 3.63) is 12.7 Å². The third-order valence-electron chi connectivity index (χ3n) is 9.89. The lowest BCUT2D eigenvalue weighted by Crippen LogP contribution is -2.48. The molecular formula is C31H60N4O8Si3. The predicted molar refractivity (Wildman–Crippen MR) is 186 cm³/mol. The number of aromatic nitrogens is 4. The zero-order valence-corrected chi connectivity index (χ0v) is 34.3. The van der Waals surface area contributed by atoms with Crippen LogP contribution < -0.4 is 4.74 Å². The first-order valence-corrected chi connectivity index (χ1v) is 25.0. The molecule has 2 aromatic heterocycles. The Morgan fingerprint density at radius 2 is 1.24 bits per heavy atom. The minimum atomic E-state index is -2.37. The Morgan fingerprint density at radius 3 is 1.74 bits per heavy atom. The fourth-order valence-electron chi connectivity index (χ4n) is 3.59. The van der Waals surface area contributed by atoms with E-state index in [1.165, 1.54) is 6.33 Å². The van der Waals surface area contributed by atoms with E-state index in [4.69, 9.17) is 37.9 Å². The summed E-state index contributed by atoms with van der Waals surface area (Å²) in [5.41, 5.74) is 1.04. The fourth-order valence-corrected chi connectivity index (χ4v) is 5.40. The second-order valence-electron chi connectivity index (χ2n) is 17.2. The van der Waals surface area contributed by atoms with Crippen molar-refractivity contribution in [3.63, 3.8) is 0 Å². The molecule has 15 heteroatoms. The van der Waals surface area contributed by atoms with Gasteiger partial charge in [0, 0.05) is 0 Å². The van der Waals surface area contributed by atoms with Crippen molar-refractivity contribution in [2.24, 2.45) is 0 Å². The quantitative estimate of drug-likeness (QED) is 0.115. The summed E-state index contributed by atoms with van der Waals surface area (Å²) < 4.78 is 33.2. The first-order chi connectivity index (χ1) is 20.8. The van der Waals surface area contributed by atoms with Gasteiger partial charge >= 0.3 is 0 Å². The van der Waals surface area contributed by atoms with Gasteiger partial charge in [0.25, 0.3) is 0 Å². The maximum Gasteiger partial charge on any atom is 0.245 e. The summed E-state index contributed by atoms with van der Waals surface area (Å²) in [6.07, 6.45) is 0.107. The van der Waals surface area contributed by atoms with Gasteiger partial charge in [-0.15, -0.1) is 0 Å². The monoisotopic (exact) mass is 700 g/mol. The van der Waals surface area contributed by atoms with Crippen LogP contribution in [0.4, 0.5) is 0 Å². The fraction of sp³-hybridized carbons (Fsp3) is 0.839. The highest BCUT2D eigenvalue weighted by atomic mass is 28.4. The zero-order valence-electron chi connectivity index (χ0n) is 31.3. The van der Waals surface area contributed by atoms with Crippen LogP contribution in [0.2, 0.25) is 54.4 Å². The number of ether oxygens (including phenoxy) is 2. The molecule has 3 heterocycles. The number of hydrogen-bond donors (Lipinski definition) is 0. The molecule has 0 unspecified atom stereocenters. The van der Waals surface area contributed by atoms with Gasteiger partial charge in [-0.05, 0) is 68.2 Å². The third kappa shape index (κ3) is 8.84. The highest BCUT2D eigenvalue weighted by Gasteiger charge is 2.53. The van der Waals surface area contributed by atoms with Crippen LogP contribution in [-0.4, -0.2) is 75.5 Å². The van der Waals surface area contributed by atoms with Gasteiger partial charge in [0.2, 0.25) is 30.8 Å². The van der Waals surface area contributed by atoms with Crippen molar-refractivity contribution in [1.82, 2.24) is 19.5 Å². The molecule has 12 nitrogen and oxygen atoms in total. The van der Waals surface area contributed by atoms with E-state index in [1.54, 1.807) is 10.9 Å². The Hall–Kier alpha value is -1.28. The zero-order chi connectivity index (χ0) is 35.1. The average Bonchev–Trinajstić information content (AvgIpc) is 3.45. The van der Waals surface area contributed by atoms with Gasteiger partial charge < -0.3 is 9.47 Å². The van der Waals surface area contributed by atoms with Crippen molar-refractivity contribution >= 4 is 36.1 Å². The van der Waals surface area contributed by atoms with Crippen molar-refractivity contribution in [2.45, 2.75) is 161 Å². The molecule has 1 aliphatic rings. The molecule has 0 amide bonds. The van der Waals surface area contributed by atoms with Crippen molar-refractivity contribution in [3.8, 4) is 5.88 Å². The molecule has 46 heavy (non-hydrogen) atoms. The van der Waals surface area contributed by atoms with Gasteiger partial charge in [0.15, 0.2) is 29.6 Å². The predicted octanol–water partition coefficient (Wildman–Crippen LogP) is 8.11. The first kappa shape index (κ1) is 39.2. The van der Waals surface area contributed by atoms with Crippen LogP contribution in [0.25, 0.3) is 11.2 Å². The third-order valence-corrected chi connectivity index (χ3v) is 22.3. The van der Waals surface area contributed by atoms with Gasteiger partial charge in [-0.2, -0.15) is 4.98 Å². The summed E-state index contributed by atoms with van der Waals surface area (Å²) in [7, 11) is -6.93. The van der Waals surface area contributed by atoms with E-state index in [-0.39, 0.29) is 27.8 Å². The molecule has 0 radical (unpaired) electrons. The second kappa shape index (κ2) is 13.9. The van der Waals surface area contributed by atoms with E-state index in [1.807, 2.05) is 13.8 Å². The topological polar surface area (TPSA) is 117 Å². The normalized spacial score (nSPS) is 22.3. The Bertz CT molecular complexity index is 1300. The minimum Gasteiger partial charge on any atom is -0.473 e. The SMILES string of the molecule is CC(C)Oc1ncnc2c1ncn2[C@@H]1O[C@H](COO[Si](C)(C)C(C)(C)C)[C@@H](OO[Si](C)(C)C(C)(C)C)[C@H]1OO[Si](C)(C)C(C)(C)C. The summed E-state index contributed by atoms with van der Waals surface area (Å²) in [4.78, 5) is 32.2. The van der Waals surface area contributed by atoms with E-state index < -0.39 is 49.5 Å². The van der Waals surface area contributed by atoms with Gasteiger partial charge in [0.05, 0.1) is 12.4 Å². The molecule has 0 saturated carbocycles. The van der Waals surface area contributed by atoms with Crippen LogP contribution in [-0.2, 0) is 33.1 Å². The maximum absolute atomic E-state index is 6.72. The van der Waals surface area contributed by atoms with Crippen LogP contribution in [0.15, 0.2) is 12.7 Å². The lowest BCUT2D eigenvalue weighted by Gasteiger charge is -2.38. The van der Waals surface area contributed by atoms with Crippen molar-refractivity contribution in [1.29, 1.82) is 0 Å². The molecule has 0 spiro atoms. The Balaban J connectivity index is 2.06. The molecule has 264 valence electrons. The molecule has 1 fully saturated rings. The number of imidazole rings is 1. The average molecular weight is 701 g/mol. The van der Waals surface area contributed by atoms with Gasteiger partial charge in [0.1, 0.15) is 19.0 Å². The second-order valence-corrected chi connectivity index (χ2v) is 31.2. The molecular weight excluding hydrogens is 641 g/mol. The molecule has 2 aromatic rings. The summed E-state index contributed by atoms with van der Waals surface area (Å²) >= 11 is 0. The molecule has 0 N–H and O–H groups in total. The summed E-state index contributed by atoms with van der Waals surface area (Å²) in [6.45, 7) is 36.2. The summed E-state index contributed by atoms with van der Waals surface area (Å²) in [6, 6.07) is 0. The van der Waals surface area contributed by atoms with Crippen LogP contribution in [0, 0.1) is 0 Å². The standard InChI is InChI=1S/C31H60N4O8Si3/c1-21(2)37-27-23-26(32-19-33-27)35(20-34-23)28-25(40-43-46(16,17)31(9,10)11)24(39-42-45(14,15)30(6,7)8)22(38-28)18-36-41-44(12,13)29(3,4)5/h19-22,24-25,28H,18H2,1-17H3/t22-,24-,25-,28-/m1/s1. The largest absolute Gasteiger partial charge is 0.473 e. The van der Waals surface area contributed by atoms with Crippen molar-refractivity contribution < 1.29 is 37.9 Å². The lowest BCUT2D eigenvalue weighted by molar-refractivity contribution is -0.338. The maximum atomic E-state index is 6.72. The molecule has 1 saturated heterocycles. The number of nitrogens with zero attached hydrogens (tertiary/aromatic N) is 4. The smallest absolute Gasteiger partial charge is 0.245 e. The molecule has 1 aliphatic heterocycles. The van der Waals surface area contributed by atoms with E-state index in [0.29, 0.717) is 17.0 Å². The highest BCUT2D eigenvalue weighted by molar-refractivity contribution is 6.74. The van der Waals surface area contributed by atoms with Crippen LogP contribution in [0.3, 0.4) is 0 Å². The summed E-state index contributed by atoms with van der Waals surface area (Å²) in [5, 5.41) is -0.240. The Labute approximate surface area is 279 Å².